The molecule has 0 atom stereocenters. The van der Waals surface area contributed by atoms with Crippen molar-refractivity contribution in [1.29, 1.82) is 0 Å². The first-order valence-corrected chi connectivity index (χ1v) is 10.2. The molecule has 0 spiro atoms. The van der Waals surface area contributed by atoms with E-state index in [0.717, 1.165) is 51.1 Å². The molecular formula is C23H30N2O3. The van der Waals surface area contributed by atoms with Crippen molar-refractivity contribution >= 4 is 17.5 Å². The molecule has 5 heteroatoms. The number of Topliss-reactive ketones (excluding diaryl/α,β-unsaturated/α-hetero) is 2. The van der Waals surface area contributed by atoms with Crippen molar-refractivity contribution in [2.75, 3.05) is 32.7 Å². The molecule has 2 fully saturated rings. The SMILES string of the molecule is CC(=O)N1CCN(CCCC=C2C(=O)CC(c3ccc(C)cc3)CC2=O)CC1. The van der Waals surface area contributed by atoms with Crippen molar-refractivity contribution in [2.24, 2.45) is 0 Å². The summed E-state index contributed by atoms with van der Waals surface area (Å²) in [6.45, 7) is 7.94. The molecule has 0 bridgehead atoms. The van der Waals surface area contributed by atoms with Crippen LogP contribution in [0.3, 0.4) is 0 Å². The Morgan fingerprint density at radius 1 is 1.04 bits per heavy atom. The summed E-state index contributed by atoms with van der Waals surface area (Å²) < 4.78 is 0. The van der Waals surface area contributed by atoms with Gasteiger partial charge in [0.05, 0.1) is 5.57 Å². The minimum Gasteiger partial charge on any atom is -0.340 e. The van der Waals surface area contributed by atoms with E-state index in [-0.39, 0.29) is 23.4 Å². The fraction of sp³-hybridized carbons (Fsp3) is 0.522. The van der Waals surface area contributed by atoms with Crippen molar-refractivity contribution in [2.45, 2.75) is 45.4 Å². The van der Waals surface area contributed by atoms with Gasteiger partial charge >= 0.3 is 0 Å². The van der Waals surface area contributed by atoms with E-state index < -0.39 is 0 Å². The Kier molecular flexibility index (Phi) is 6.79. The third kappa shape index (κ3) is 5.16. The topological polar surface area (TPSA) is 57.7 Å². The zero-order chi connectivity index (χ0) is 20.1. The third-order valence-electron chi connectivity index (χ3n) is 5.86. The Hall–Kier alpha value is -2.27. The second-order valence-electron chi connectivity index (χ2n) is 7.97. The third-order valence-corrected chi connectivity index (χ3v) is 5.86. The number of hydrogen-bond acceptors (Lipinski definition) is 4. The number of carbonyl (C=O) groups excluding carboxylic acids is 3. The number of rotatable bonds is 5. The molecule has 0 aromatic heterocycles. The Labute approximate surface area is 167 Å². The monoisotopic (exact) mass is 382 g/mol. The van der Waals surface area contributed by atoms with Gasteiger partial charge in [0.1, 0.15) is 0 Å². The first-order chi connectivity index (χ1) is 13.4. The van der Waals surface area contributed by atoms with Crippen LogP contribution in [0.4, 0.5) is 0 Å². The number of aryl methyl sites for hydroxylation is 1. The van der Waals surface area contributed by atoms with E-state index >= 15 is 0 Å². The molecule has 5 nitrogen and oxygen atoms in total. The smallest absolute Gasteiger partial charge is 0.219 e. The summed E-state index contributed by atoms with van der Waals surface area (Å²) >= 11 is 0. The predicted octanol–water partition coefficient (Wildman–Crippen LogP) is 2.88. The number of carbonyl (C=O) groups is 3. The second-order valence-corrected chi connectivity index (χ2v) is 7.97. The minimum atomic E-state index is -0.0168. The molecule has 1 aliphatic heterocycles. The van der Waals surface area contributed by atoms with E-state index in [9.17, 15) is 14.4 Å². The molecular weight excluding hydrogens is 352 g/mol. The lowest BCUT2D eigenvalue weighted by Gasteiger charge is -2.34. The fourth-order valence-corrected chi connectivity index (χ4v) is 4.04. The normalized spacial score (nSPS) is 21.1. The quantitative estimate of drug-likeness (QED) is 0.446. The van der Waals surface area contributed by atoms with Crippen molar-refractivity contribution in [3.05, 3.63) is 47.0 Å². The van der Waals surface area contributed by atoms with Gasteiger partial charge in [-0.1, -0.05) is 35.9 Å². The van der Waals surface area contributed by atoms with Gasteiger partial charge in [-0.25, -0.2) is 0 Å². The van der Waals surface area contributed by atoms with Gasteiger partial charge in [0.2, 0.25) is 5.91 Å². The Bertz CT molecular complexity index is 739. The molecule has 1 aromatic carbocycles. The lowest BCUT2D eigenvalue weighted by atomic mass is 9.79. The molecule has 1 aromatic rings. The highest BCUT2D eigenvalue weighted by atomic mass is 16.2. The highest BCUT2D eigenvalue weighted by Gasteiger charge is 2.30. The molecule has 3 rings (SSSR count). The molecule has 1 amide bonds. The van der Waals surface area contributed by atoms with Gasteiger partial charge in [0.15, 0.2) is 11.6 Å². The zero-order valence-corrected chi connectivity index (χ0v) is 16.9. The molecule has 1 heterocycles. The van der Waals surface area contributed by atoms with Crippen molar-refractivity contribution in [1.82, 2.24) is 9.80 Å². The first kappa shape index (κ1) is 20.5. The average Bonchev–Trinajstić information content (AvgIpc) is 2.67. The van der Waals surface area contributed by atoms with Gasteiger partial charge in [-0.3, -0.25) is 19.3 Å². The minimum absolute atomic E-state index is 0.00956. The summed E-state index contributed by atoms with van der Waals surface area (Å²) in [6.07, 6.45) is 4.36. The van der Waals surface area contributed by atoms with Crippen molar-refractivity contribution in [3.63, 3.8) is 0 Å². The van der Waals surface area contributed by atoms with Crippen LogP contribution in [0.15, 0.2) is 35.9 Å². The summed E-state index contributed by atoms with van der Waals surface area (Å²) in [7, 11) is 0. The molecule has 0 radical (unpaired) electrons. The molecule has 1 saturated heterocycles. The van der Waals surface area contributed by atoms with Crippen LogP contribution >= 0.6 is 0 Å². The largest absolute Gasteiger partial charge is 0.340 e. The van der Waals surface area contributed by atoms with E-state index in [0.29, 0.717) is 18.4 Å². The van der Waals surface area contributed by atoms with E-state index in [1.54, 1.807) is 6.92 Å². The molecule has 2 aliphatic rings. The van der Waals surface area contributed by atoms with E-state index in [4.69, 9.17) is 0 Å². The summed E-state index contributed by atoms with van der Waals surface area (Å²) in [5, 5.41) is 0. The van der Waals surface area contributed by atoms with Gasteiger partial charge in [-0.15, -0.1) is 0 Å². The number of hydrogen-bond donors (Lipinski definition) is 0. The number of amides is 1. The highest BCUT2D eigenvalue weighted by Crippen LogP contribution is 2.31. The van der Waals surface area contributed by atoms with Gasteiger partial charge in [0.25, 0.3) is 0 Å². The summed E-state index contributed by atoms with van der Waals surface area (Å²) in [4.78, 5) is 40.6. The molecule has 0 N–H and O–H groups in total. The van der Waals surface area contributed by atoms with Crippen molar-refractivity contribution < 1.29 is 14.4 Å². The van der Waals surface area contributed by atoms with Crippen LogP contribution in [0.5, 0.6) is 0 Å². The maximum absolute atomic E-state index is 12.5. The second kappa shape index (κ2) is 9.28. The van der Waals surface area contributed by atoms with Crippen LogP contribution in [0, 0.1) is 6.92 Å². The molecule has 0 unspecified atom stereocenters. The fourth-order valence-electron chi connectivity index (χ4n) is 4.04. The number of allylic oxidation sites excluding steroid dienone is 2. The lowest BCUT2D eigenvalue weighted by Crippen LogP contribution is -2.48. The predicted molar refractivity (Wildman–Crippen MR) is 109 cm³/mol. The molecule has 1 saturated carbocycles. The number of nitrogens with zero attached hydrogens (tertiary/aromatic N) is 2. The molecule has 1 aliphatic carbocycles. The van der Waals surface area contributed by atoms with Crippen LogP contribution in [-0.4, -0.2) is 60.0 Å². The summed E-state index contributed by atoms with van der Waals surface area (Å²) in [5.74, 6) is 0.117. The maximum Gasteiger partial charge on any atom is 0.219 e. The lowest BCUT2D eigenvalue weighted by molar-refractivity contribution is -0.130. The van der Waals surface area contributed by atoms with Crippen LogP contribution < -0.4 is 0 Å². The Morgan fingerprint density at radius 2 is 1.64 bits per heavy atom. The maximum atomic E-state index is 12.5. The van der Waals surface area contributed by atoms with E-state index in [2.05, 4.69) is 4.90 Å². The number of piperazine rings is 1. The van der Waals surface area contributed by atoms with Crippen LogP contribution in [0.2, 0.25) is 0 Å². The molecule has 150 valence electrons. The Balaban J connectivity index is 1.46. The first-order valence-electron chi connectivity index (χ1n) is 10.2. The van der Waals surface area contributed by atoms with Crippen LogP contribution in [-0.2, 0) is 14.4 Å². The summed E-state index contributed by atoms with van der Waals surface area (Å²) in [5.41, 5.74) is 2.67. The van der Waals surface area contributed by atoms with Gasteiger partial charge in [0, 0.05) is 45.9 Å². The van der Waals surface area contributed by atoms with Gasteiger partial charge < -0.3 is 4.90 Å². The number of ketones is 2. The van der Waals surface area contributed by atoms with E-state index in [1.165, 1.54) is 5.56 Å². The average molecular weight is 383 g/mol. The van der Waals surface area contributed by atoms with E-state index in [1.807, 2.05) is 42.2 Å². The van der Waals surface area contributed by atoms with Gasteiger partial charge in [-0.2, -0.15) is 0 Å². The zero-order valence-electron chi connectivity index (χ0n) is 16.9. The highest BCUT2D eigenvalue weighted by molar-refractivity contribution is 6.22. The Morgan fingerprint density at radius 3 is 2.21 bits per heavy atom. The van der Waals surface area contributed by atoms with Crippen LogP contribution in [0.25, 0.3) is 0 Å². The van der Waals surface area contributed by atoms with Gasteiger partial charge in [-0.05, 0) is 37.8 Å². The number of unbranched alkanes of at least 4 members (excludes halogenated alkanes) is 1. The molecule has 28 heavy (non-hydrogen) atoms. The van der Waals surface area contributed by atoms with Crippen molar-refractivity contribution in [3.8, 4) is 0 Å². The number of benzene rings is 1. The van der Waals surface area contributed by atoms with Crippen LogP contribution in [0.1, 0.15) is 49.7 Å². The standard InChI is InChI=1S/C23H30N2O3/c1-17-6-8-19(9-7-17)20-15-22(27)21(23(28)16-20)5-3-4-10-24-11-13-25(14-12-24)18(2)26/h5-9,20H,3-4,10-16H2,1-2H3. The summed E-state index contributed by atoms with van der Waals surface area (Å²) in [6, 6.07) is 8.12.